The summed E-state index contributed by atoms with van der Waals surface area (Å²) in [5.41, 5.74) is 0.930. The van der Waals surface area contributed by atoms with Crippen LogP contribution in [-0.2, 0) is 6.54 Å². The van der Waals surface area contributed by atoms with Crippen LogP contribution in [0.25, 0.3) is 0 Å². The van der Waals surface area contributed by atoms with Gasteiger partial charge in [0.05, 0.1) is 19.3 Å². The van der Waals surface area contributed by atoms with E-state index in [-0.39, 0.29) is 0 Å². The average Bonchev–Trinajstić information content (AvgIpc) is 2.62. The minimum absolute atomic E-state index is 0.625. The van der Waals surface area contributed by atoms with E-state index in [9.17, 15) is 0 Å². The molecule has 0 aliphatic carbocycles. The van der Waals surface area contributed by atoms with Gasteiger partial charge in [-0.2, -0.15) is 0 Å². The van der Waals surface area contributed by atoms with E-state index in [1.165, 1.54) is 25.8 Å². The Morgan fingerprint density at radius 1 is 1.38 bits per heavy atom. The number of piperidine rings is 1. The van der Waals surface area contributed by atoms with Crippen molar-refractivity contribution in [1.29, 1.82) is 0 Å². The summed E-state index contributed by atoms with van der Waals surface area (Å²) in [5.74, 6) is 1.44. The number of guanidine groups is 1. The number of methoxy groups -OCH3 is 1. The number of hydrogen-bond donors (Lipinski definition) is 2. The Morgan fingerprint density at radius 3 is 3.00 bits per heavy atom. The summed E-state index contributed by atoms with van der Waals surface area (Å²) in [6.07, 6.45) is 5.19. The molecule has 0 aromatic carbocycles. The van der Waals surface area contributed by atoms with E-state index < -0.39 is 0 Å². The first-order chi connectivity index (χ1) is 11.7. The van der Waals surface area contributed by atoms with Gasteiger partial charge >= 0.3 is 0 Å². The van der Waals surface area contributed by atoms with Crippen LogP contribution in [0.3, 0.4) is 0 Å². The lowest BCUT2D eigenvalue weighted by Gasteiger charge is -2.33. The number of hydrogen-bond acceptors (Lipinski definition) is 4. The number of rotatable bonds is 7. The second-order valence-electron chi connectivity index (χ2n) is 6.26. The molecule has 6 heteroatoms. The first kappa shape index (κ1) is 18.5. The van der Waals surface area contributed by atoms with Crippen LogP contribution in [0.5, 0.6) is 5.88 Å². The highest BCUT2D eigenvalue weighted by atomic mass is 16.5. The zero-order valence-corrected chi connectivity index (χ0v) is 15.2. The summed E-state index contributed by atoms with van der Waals surface area (Å²) in [6, 6.07) is 6.49. The molecule has 2 rings (SSSR count). The van der Waals surface area contributed by atoms with Crippen molar-refractivity contribution in [3.05, 3.63) is 23.9 Å². The van der Waals surface area contributed by atoms with E-state index >= 15 is 0 Å². The van der Waals surface area contributed by atoms with Crippen molar-refractivity contribution in [3.8, 4) is 5.88 Å². The minimum atomic E-state index is 0.625. The zero-order valence-electron chi connectivity index (χ0n) is 15.2. The van der Waals surface area contributed by atoms with Gasteiger partial charge in [-0.25, -0.2) is 4.98 Å². The van der Waals surface area contributed by atoms with Gasteiger partial charge in [0, 0.05) is 32.2 Å². The molecule has 0 radical (unpaired) electrons. The maximum atomic E-state index is 5.14. The zero-order chi connectivity index (χ0) is 17.2. The largest absolute Gasteiger partial charge is 0.481 e. The van der Waals surface area contributed by atoms with Crippen LogP contribution < -0.4 is 15.4 Å². The highest BCUT2D eigenvalue weighted by Gasteiger charge is 2.17. The molecule has 134 valence electrons. The Bertz CT molecular complexity index is 520. The molecular weight excluding hydrogens is 302 g/mol. The minimum Gasteiger partial charge on any atom is -0.481 e. The van der Waals surface area contributed by atoms with Crippen molar-refractivity contribution in [3.63, 3.8) is 0 Å². The average molecular weight is 333 g/mol. The second kappa shape index (κ2) is 10.1. The third-order valence-electron chi connectivity index (χ3n) is 4.51. The molecule has 0 bridgehead atoms. The van der Waals surface area contributed by atoms with Crippen molar-refractivity contribution in [2.24, 2.45) is 4.99 Å². The molecule has 0 amide bonds. The van der Waals surface area contributed by atoms with Crippen molar-refractivity contribution in [1.82, 2.24) is 20.5 Å². The van der Waals surface area contributed by atoms with Crippen molar-refractivity contribution in [2.45, 2.75) is 45.2 Å². The molecule has 1 aliphatic rings. The van der Waals surface area contributed by atoms with Crippen LogP contribution in [-0.4, -0.2) is 55.7 Å². The van der Waals surface area contributed by atoms with Gasteiger partial charge in [0.1, 0.15) is 0 Å². The SMILES string of the molecule is CN=C(NCCCN1CCCCC1C)NCc1cccc(OC)n1. The first-order valence-corrected chi connectivity index (χ1v) is 8.91. The Labute approximate surface area is 145 Å². The molecule has 0 saturated carbocycles. The van der Waals surface area contributed by atoms with Crippen LogP contribution in [0.15, 0.2) is 23.2 Å². The maximum Gasteiger partial charge on any atom is 0.213 e. The van der Waals surface area contributed by atoms with Crippen LogP contribution in [0, 0.1) is 0 Å². The third kappa shape index (κ3) is 6.00. The lowest BCUT2D eigenvalue weighted by atomic mass is 10.0. The molecule has 1 aromatic rings. The first-order valence-electron chi connectivity index (χ1n) is 8.91. The van der Waals surface area contributed by atoms with Crippen molar-refractivity contribution < 1.29 is 4.74 Å². The van der Waals surface area contributed by atoms with E-state index in [2.05, 4.69) is 32.4 Å². The Balaban J connectivity index is 1.66. The molecule has 1 aliphatic heterocycles. The van der Waals surface area contributed by atoms with Gasteiger partial charge in [-0.1, -0.05) is 12.5 Å². The van der Waals surface area contributed by atoms with Crippen LogP contribution in [0.4, 0.5) is 0 Å². The number of pyridine rings is 1. The lowest BCUT2D eigenvalue weighted by molar-refractivity contribution is 0.159. The quantitative estimate of drug-likeness (QED) is 0.454. The predicted octanol–water partition coefficient (Wildman–Crippen LogP) is 2.02. The second-order valence-corrected chi connectivity index (χ2v) is 6.26. The fourth-order valence-electron chi connectivity index (χ4n) is 3.04. The van der Waals surface area contributed by atoms with Crippen molar-refractivity contribution in [2.75, 3.05) is 33.8 Å². The molecule has 1 saturated heterocycles. The smallest absolute Gasteiger partial charge is 0.213 e. The number of nitrogens with zero attached hydrogens (tertiary/aromatic N) is 3. The standard InChI is InChI=1S/C18H31N5O/c1-15-8-4-5-12-23(15)13-7-11-20-18(19-2)21-14-16-9-6-10-17(22-16)24-3/h6,9-10,15H,4-5,7-8,11-14H2,1-3H3,(H2,19,20,21). The van der Waals surface area contributed by atoms with Crippen LogP contribution in [0.2, 0.25) is 0 Å². The molecule has 6 nitrogen and oxygen atoms in total. The number of aromatic nitrogens is 1. The molecule has 1 atom stereocenters. The monoisotopic (exact) mass is 333 g/mol. The summed E-state index contributed by atoms with van der Waals surface area (Å²) in [7, 11) is 3.42. The molecule has 0 spiro atoms. The van der Waals surface area contributed by atoms with Crippen LogP contribution in [0.1, 0.15) is 38.3 Å². The van der Waals surface area contributed by atoms with Gasteiger partial charge in [0.2, 0.25) is 5.88 Å². The summed E-state index contributed by atoms with van der Waals surface area (Å²) < 4.78 is 5.14. The fourth-order valence-corrected chi connectivity index (χ4v) is 3.04. The van der Waals surface area contributed by atoms with Gasteiger partial charge in [0.25, 0.3) is 0 Å². The van der Waals surface area contributed by atoms with E-state index in [4.69, 9.17) is 4.74 Å². The lowest BCUT2D eigenvalue weighted by Crippen LogP contribution is -2.41. The van der Waals surface area contributed by atoms with Gasteiger partial charge in [0.15, 0.2) is 5.96 Å². The molecule has 1 fully saturated rings. The summed E-state index contributed by atoms with van der Waals surface area (Å²) in [5, 5.41) is 6.67. The Kier molecular flexibility index (Phi) is 7.82. The fraction of sp³-hybridized carbons (Fsp3) is 0.667. The topological polar surface area (TPSA) is 61.8 Å². The number of aliphatic imine (C=N–C) groups is 1. The van der Waals surface area contributed by atoms with E-state index in [0.29, 0.717) is 12.4 Å². The van der Waals surface area contributed by atoms with Crippen molar-refractivity contribution >= 4 is 5.96 Å². The molecule has 1 aromatic heterocycles. The van der Waals surface area contributed by atoms with Gasteiger partial charge in [-0.3, -0.25) is 4.99 Å². The van der Waals surface area contributed by atoms with Gasteiger partial charge < -0.3 is 20.3 Å². The molecule has 24 heavy (non-hydrogen) atoms. The Hall–Kier alpha value is -1.82. The van der Waals surface area contributed by atoms with E-state index in [0.717, 1.165) is 37.2 Å². The summed E-state index contributed by atoms with van der Waals surface area (Å²) >= 11 is 0. The predicted molar refractivity (Wildman–Crippen MR) is 98.5 cm³/mol. The Morgan fingerprint density at radius 2 is 2.25 bits per heavy atom. The summed E-state index contributed by atoms with van der Waals surface area (Å²) in [4.78, 5) is 11.3. The van der Waals surface area contributed by atoms with Gasteiger partial charge in [-0.05, 0) is 38.8 Å². The third-order valence-corrected chi connectivity index (χ3v) is 4.51. The molecule has 2 N–H and O–H groups in total. The normalized spacial score (nSPS) is 19.1. The number of nitrogens with one attached hydrogen (secondary N) is 2. The maximum absolute atomic E-state index is 5.14. The molecule has 1 unspecified atom stereocenters. The van der Waals surface area contributed by atoms with Crippen LogP contribution >= 0.6 is 0 Å². The highest BCUT2D eigenvalue weighted by molar-refractivity contribution is 5.79. The van der Waals surface area contributed by atoms with Gasteiger partial charge in [-0.15, -0.1) is 0 Å². The highest BCUT2D eigenvalue weighted by Crippen LogP contribution is 2.16. The summed E-state index contributed by atoms with van der Waals surface area (Å²) in [6.45, 7) is 6.29. The van der Waals surface area contributed by atoms with E-state index in [1.54, 1.807) is 14.2 Å². The number of ether oxygens (including phenoxy) is 1. The number of likely N-dealkylation sites (tertiary alicyclic amines) is 1. The molecule has 2 heterocycles. The molecular formula is C18H31N5O. The van der Waals surface area contributed by atoms with E-state index in [1.807, 2.05) is 18.2 Å².